The molecule has 1 N–H and O–H groups in total. The van der Waals surface area contributed by atoms with E-state index in [0.717, 1.165) is 25.6 Å². The van der Waals surface area contributed by atoms with E-state index in [0.29, 0.717) is 6.04 Å². The Labute approximate surface area is 104 Å². The Morgan fingerprint density at radius 2 is 1.94 bits per heavy atom. The van der Waals surface area contributed by atoms with Crippen LogP contribution in [-0.4, -0.2) is 25.7 Å². The molecule has 2 aliphatic rings. The third kappa shape index (κ3) is 2.32. The standard InChI is InChI=1S/C15H22N2/c1-12-11-17(10-9-16-12)15-7-5-14(6-8-15)13-3-2-4-13/h5-8,12-13,16H,2-4,9-11H2,1H3. The molecule has 92 valence electrons. The molecule has 0 bridgehead atoms. The monoisotopic (exact) mass is 230 g/mol. The zero-order valence-corrected chi connectivity index (χ0v) is 10.7. The third-order valence-electron chi connectivity index (χ3n) is 4.20. The molecule has 2 fully saturated rings. The van der Waals surface area contributed by atoms with Gasteiger partial charge in [-0.25, -0.2) is 0 Å². The second kappa shape index (κ2) is 4.69. The SMILES string of the molecule is CC1CN(c2ccc(C3CCC3)cc2)CCN1. The molecular weight excluding hydrogens is 208 g/mol. The first-order valence-electron chi connectivity index (χ1n) is 6.91. The number of benzene rings is 1. The molecule has 0 amide bonds. The number of hydrogen-bond acceptors (Lipinski definition) is 2. The van der Waals surface area contributed by atoms with Crippen molar-refractivity contribution in [1.29, 1.82) is 0 Å². The molecule has 0 spiro atoms. The second-order valence-electron chi connectivity index (χ2n) is 5.52. The Hall–Kier alpha value is -1.02. The molecule has 3 rings (SSSR count). The van der Waals surface area contributed by atoms with Gasteiger partial charge in [0.1, 0.15) is 0 Å². The minimum atomic E-state index is 0.607. The molecule has 1 saturated carbocycles. The van der Waals surface area contributed by atoms with E-state index in [1.54, 1.807) is 5.56 Å². The Balaban J connectivity index is 1.70. The molecule has 0 radical (unpaired) electrons. The highest BCUT2D eigenvalue weighted by Crippen LogP contribution is 2.36. The van der Waals surface area contributed by atoms with E-state index in [-0.39, 0.29) is 0 Å². The third-order valence-corrected chi connectivity index (χ3v) is 4.20. The topological polar surface area (TPSA) is 15.3 Å². The predicted octanol–water partition coefficient (Wildman–Crippen LogP) is 2.75. The number of piperazine rings is 1. The van der Waals surface area contributed by atoms with Crippen LogP contribution in [0.4, 0.5) is 5.69 Å². The zero-order valence-electron chi connectivity index (χ0n) is 10.7. The van der Waals surface area contributed by atoms with Crippen LogP contribution >= 0.6 is 0 Å². The zero-order chi connectivity index (χ0) is 11.7. The number of rotatable bonds is 2. The van der Waals surface area contributed by atoms with Crippen molar-refractivity contribution in [2.45, 2.75) is 38.1 Å². The molecule has 2 nitrogen and oxygen atoms in total. The first-order chi connectivity index (χ1) is 8.33. The smallest absolute Gasteiger partial charge is 0.0367 e. The molecule has 1 atom stereocenters. The average molecular weight is 230 g/mol. The van der Waals surface area contributed by atoms with Crippen molar-refractivity contribution >= 4 is 5.69 Å². The van der Waals surface area contributed by atoms with E-state index in [9.17, 15) is 0 Å². The fraction of sp³-hybridized carbons (Fsp3) is 0.600. The summed E-state index contributed by atoms with van der Waals surface area (Å²) in [5.74, 6) is 0.853. The van der Waals surface area contributed by atoms with Gasteiger partial charge in [0.15, 0.2) is 0 Å². The average Bonchev–Trinajstić information content (AvgIpc) is 2.28. The molecule has 1 unspecified atom stereocenters. The Morgan fingerprint density at radius 3 is 2.53 bits per heavy atom. The highest BCUT2D eigenvalue weighted by atomic mass is 15.2. The van der Waals surface area contributed by atoms with Crippen LogP contribution in [0.3, 0.4) is 0 Å². The summed E-state index contributed by atoms with van der Waals surface area (Å²) in [5, 5.41) is 3.49. The van der Waals surface area contributed by atoms with Crippen molar-refractivity contribution in [3.63, 3.8) is 0 Å². The summed E-state index contributed by atoms with van der Waals surface area (Å²) in [6.07, 6.45) is 4.20. The summed E-state index contributed by atoms with van der Waals surface area (Å²) in [7, 11) is 0. The maximum Gasteiger partial charge on any atom is 0.0367 e. The molecule has 1 aromatic carbocycles. The summed E-state index contributed by atoms with van der Waals surface area (Å²) in [6.45, 7) is 5.62. The maximum absolute atomic E-state index is 3.49. The fourth-order valence-corrected chi connectivity index (χ4v) is 2.87. The molecule has 1 aromatic rings. The molecular formula is C15H22N2. The largest absolute Gasteiger partial charge is 0.369 e. The van der Waals surface area contributed by atoms with Gasteiger partial charge in [-0.3, -0.25) is 0 Å². The van der Waals surface area contributed by atoms with Crippen molar-refractivity contribution in [1.82, 2.24) is 5.32 Å². The number of nitrogens with zero attached hydrogens (tertiary/aromatic N) is 1. The van der Waals surface area contributed by atoms with Gasteiger partial charge < -0.3 is 10.2 Å². The van der Waals surface area contributed by atoms with E-state index in [2.05, 4.69) is 41.4 Å². The van der Waals surface area contributed by atoms with Crippen molar-refractivity contribution in [2.24, 2.45) is 0 Å². The van der Waals surface area contributed by atoms with Crippen LogP contribution in [-0.2, 0) is 0 Å². The van der Waals surface area contributed by atoms with Gasteiger partial charge in [0, 0.05) is 31.4 Å². The van der Waals surface area contributed by atoms with Crippen LogP contribution in [0.25, 0.3) is 0 Å². The Kier molecular flexibility index (Phi) is 3.06. The lowest BCUT2D eigenvalue weighted by molar-refractivity contribution is 0.419. The van der Waals surface area contributed by atoms with E-state index in [4.69, 9.17) is 0 Å². The van der Waals surface area contributed by atoms with Crippen molar-refractivity contribution in [3.05, 3.63) is 29.8 Å². The predicted molar refractivity (Wildman–Crippen MR) is 72.7 cm³/mol. The molecule has 1 saturated heterocycles. The summed E-state index contributed by atoms with van der Waals surface area (Å²) in [5.41, 5.74) is 2.93. The highest BCUT2D eigenvalue weighted by Gasteiger charge is 2.20. The van der Waals surface area contributed by atoms with Crippen LogP contribution < -0.4 is 10.2 Å². The first-order valence-corrected chi connectivity index (χ1v) is 6.91. The summed E-state index contributed by atoms with van der Waals surface area (Å²) in [4.78, 5) is 2.49. The molecule has 1 aliphatic heterocycles. The van der Waals surface area contributed by atoms with Gasteiger partial charge in [-0.2, -0.15) is 0 Å². The lowest BCUT2D eigenvalue weighted by Gasteiger charge is -2.34. The number of nitrogens with one attached hydrogen (secondary N) is 1. The Morgan fingerprint density at radius 1 is 1.18 bits per heavy atom. The van der Waals surface area contributed by atoms with Gasteiger partial charge in [-0.15, -0.1) is 0 Å². The molecule has 0 aromatic heterocycles. The van der Waals surface area contributed by atoms with Crippen LogP contribution in [0.2, 0.25) is 0 Å². The molecule has 1 aliphatic carbocycles. The lowest BCUT2D eigenvalue weighted by Crippen LogP contribution is -2.49. The van der Waals surface area contributed by atoms with Gasteiger partial charge in [0.05, 0.1) is 0 Å². The Bertz CT molecular complexity index is 367. The molecule has 2 heteroatoms. The fourth-order valence-electron chi connectivity index (χ4n) is 2.87. The van der Waals surface area contributed by atoms with Crippen molar-refractivity contribution in [3.8, 4) is 0 Å². The van der Waals surface area contributed by atoms with Crippen molar-refractivity contribution < 1.29 is 0 Å². The van der Waals surface area contributed by atoms with Gasteiger partial charge >= 0.3 is 0 Å². The highest BCUT2D eigenvalue weighted by molar-refractivity contribution is 5.49. The van der Waals surface area contributed by atoms with Crippen LogP contribution in [0.5, 0.6) is 0 Å². The number of hydrogen-bond donors (Lipinski definition) is 1. The molecule has 17 heavy (non-hydrogen) atoms. The van der Waals surface area contributed by atoms with Crippen LogP contribution in [0, 0.1) is 0 Å². The van der Waals surface area contributed by atoms with Gasteiger partial charge in [-0.1, -0.05) is 18.6 Å². The molecule has 1 heterocycles. The lowest BCUT2D eigenvalue weighted by atomic mass is 9.80. The normalized spacial score (nSPS) is 25.7. The first kappa shape index (κ1) is 11.1. The summed E-state index contributed by atoms with van der Waals surface area (Å²) >= 11 is 0. The van der Waals surface area contributed by atoms with Crippen LogP contribution in [0.15, 0.2) is 24.3 Å². The summed E-state index contributed by atoms with van der Waals surface area (Å²) < 4.78 is 0. The van der Waals surface area contributed by atoms with Gasteiger partial charge in [0.25, 0.3) is 0 Å². The van der Waals surface area contributed by atoms with E-state index >= 15 is 0 Å². The van der Waals surface area contributed by atoms with Gasteiger partial charge in [0.2, 0.25) is 0 Å². The maximum atomic E-state index is 3.49. The van der Waals surface area contributed by atoms with Crippen LogP contribution in [0.1, 0.15) is 37.7 Å². The number of anilines is 1. The van der Waals surface area contributed by atoms with Crippen molar-refractivity contribution in [2.75, 3.05) is 24.5 Å². The summed E-state index contributed by atoms with van der Waals surface area (Å²) in [6, 6.07) is 9.91. The van der Waals surface area contributed by atoms with E-state index in [1.165, 1.54) is 24.9 Å². The van der Waals surface area contributed by atoms with Gasteiger partial charge in [-0.05, 0) is 43.4 Å². The minimum Gasteiger partial charge on any atom is -0.369 e. The minimum absolute atomic E-state index is 0.607. The second-order valence-corrected chi connectivity index (χ2v) is 5.52. The van der Waals surface area contributed by atoms with E-state index < -0.39 is 0 Å². The van der Waals surface area contributed by atoms with E-state index in [1.807, 2.05) is 0 Å². The quantitative estimate of drug-likeness (QED) is 0.840.